The number of amides is 1. The van der Waals surface area contributed by atoms with Crippen LogP contribution in [-0.4, -0.2) is 5.91 Å². The Morgan fingerprint density at radius 1 is 1.41 bits per heavy atom. The third kappa shape index (κ3) is 2.90. The van der Waals surface area contributed by atoms with E-state index in [1.807, 2.05) is 6.07 Å². The van der Waals surface area contributed by atoms with Gasteiger partial charge in [-0.3, -0.25) is 4.79 Å². The highest BCUT2D eigenvalue weighted by molar-refractivity contribution is 7.11. The van der Waals surface area contributed by atoms with Crippen molar-refractivity contribution in [3.05, 3.63) is 45.0 Å². The van der Waals surface area contributed by atoms with E-state index < -0.39 is 0 Å². The lowest BCUT2D eigenvalue weighted by Gasteiger charge is -2.01. The Morgan fingerprint density at radius 3 is 2.76 bits per heavy atom. The highest BCUT2D eigenvalue weighted by atomic mass is 35.5. The molecule has 0 spiro atoms. The Labute approximate surface area is 108 Å². The lowest BCUT2D eigenvalue weighted by molar-refractivity contribution is 0.0951. The van der Waals surface area contributed by atoms with Crippen molar-refractivity contribution in [1.29, 1.82) is 0 Å². The van der Waals surface area contributed by atoms with Crippen molar-refractivity contribution < 1.29 is 9.21 Å². The van der Waals surface area contributed by atoms with Gasteiger partial charge in [-0.05, 0) is 36.2 Å². The van der Waals surface area contributed by atoms with Gasteiger partial charge in [-0.15, -0.1) is 11.3 Å². The van der Waals surface area contributed by atoms with Crippen molar-refractivity contribution >= 4 is 28.8 Å². The molecule has 0 aliphatic carbocycles. The molecule has 0 aliphatic heterocycles. The van der Waals surface area contributed by atoms with E-state index in [0.29, 0.717) is 12.1 Å². The van der Waals surface area contributed by atoms with Gasteiger partial charge >= 0.3 is 0 Å². The minimum atomic E-state index is -0.213. The summed E-state index contributed by atoms with van der Waals surface area (Å²) in [6.45, 7) is 2.63. The van der Waals surface area contributed by atoms with E-state index in [4.69, 9.17) is 16.0 Å². The molecule has 2 rings (SSSR count). The van der Waals surface area contributed by atoms with Crippen LogP contribution >= 0.6 is 22.9 Å². The fraction of sp³-hybridized carbons (Fsp3) is 0.250. The first-order valence-electron chi connectivity index (χ1n) is 5.29. The van der Waals surface area contributed by atoms with E-state index in [9.17, 15) is 4.79 Å². The van der Waals surface area contributed by atoms with E-state index in [-0.39, 0.29) is 11.1 Å². The highest BCUT2D eigenvalue weighted by Gasteiger charge is 2.12. The molecule has 2 aromatic rings. The van der Waals surface area contributed by atoms with Gasteiger partial charge in [0.2, 0.25) is 5.22 Å². The van der Waals surface area contributed by atoms with E-state index in [1.165, 1.54) is 11.1 Å². The van der Waals surface area contributed by atoms with Crippen LogP contribution in [-0.2, 0) is 13.0 Å². The number of aryl methyl sites for hydroxylation is 1. The number of halogens is 1. The summed E-state index contributed by atoms with van der Waals surface area (Å²) in [6.07, 6.45) is 2.42. The zero-order chi connectivity index (χ0) is 12.3. The molecule has 0 radical (unpaired) electrons. The van der Waals surface area contributed by atoms with Gasteiger partial charge < -0.3 is 9.73 Å². The van der Waals surface area contributed by atoms with Crippen LogP contribution in [0, 0.1) is 0 Å². The van der Waals surface area contributed by atoms with Gasteiger partial charge in [0.1, 0.15) is 0 Å². The molecule has 17 heavy (non-hydrogen) atoms. The largest absolute Gasteiger partial charge is 0.452 e. The maximum absolute atomic E-state index is 11.7. The summed E-state index contributed by atoms with van der Waals surface area (Å²) in [5.74, 6) is -0.213. The quantitative estimate of drug-likeness (QED) is 0.923. The molecule has 0 unspecified atom stereocenters. The maximum atomic E-state index is 11.7. The molecule has 1 amide bonds. The number of carbonyl (C=O) groups excluding carboxylic acids is 1. The monoisotopic (exact) mass is 269 g/mol. The van der Waals surface area contributed by atoms with E-state index >= 15 is 0 Å². The highest BCUT2D eigenvalue weighted by Crippen LogP contribution is 2.18. The summed E-state index contributed by atoms with van der Waals surface area (Å²) >= 11 is 7.42. The van der Waals surface area contributed by atoms with Crippen LogP contribution in [0.3, 0.4) is 0 Å². The number of rotatable bonds is 4. The third-order valence-electron chi connectivity index (χ3n) is 2.35. The molecule has 0 aliphatic rings. The Hall–Kier alpha value is -1.26. The normalized spacial score (nSPS) is 10.5. The zero-order valence-electron chi connectivity index (χ0n) is 9.33. The lowest BCUT2D eigenvalue weighted by Crippen LogP contribution is -2.21. The summed E-state index contributed by atoms with van der Waals surface area (Å²) in [4.78, 5) is 14.2. The fourth-order valence-electron chi connectivity index (χ4n) is 1.43. The van der Waals surface area contributed by atoms with Crippen LogP contribution in [0.1, 0.15) is 27.0 Å². The summed E-state index contributed by atoms with van der Waals surface area (Å²) in [7, 11) is 0. The number of thiophene rings is 1. The van der Waals surface area contributed by atoms with Crippen LogP contribution in [0.5, 0.6) is 0 Å². The van der Waals surface area contributed by atoms with Gasteiger partial charge in [0.05, 0.1) is 18.4 Å². The van der Waals surface area contributed by atoms with Crippen LogP contribution in [0.15, 0.2) is 28.9 Å². The van der Waals surface area contributed by atoms with Crippen molar-refractivity contribution in [1.82, 2.24) is 5.32 Å². The number of furan rings is 1. The number of hydrogen-bond acceptors (Lipinski definition) is 3. The fourth-order valence-corrected chi connectivity index (χ4v) is 2.52. The molecule has 0 atom stereocenters. The van der Waals surface area contributed by atoms with Crippen molar-refractivity contribution in [2.24, 2.45) is 0 Å². The summed E-state index contributed by atoms with van der Waals surface area (Å²) < 4.78 is 4.87. The summed E-state index contributed by atoms with van der Waals surface area (Å²) in [5, 5.41) is 2.93. The molecular formula is C12H12ClNO2S. The van der Waals surface area contributed by atoms with Crippen LogP contribution in [0.2, 0.25) is 5.22 Å². The second-order valence-electron chi connectivity index (χ2n) is 3.51. The molecular weight excluding hydrogens is 258 g/mol. The molecule has 90 valence electrons. The van der Waals surface area contributed by atoms with Gasteiger partial charge in [-0.2, -0.15) is 0 Å². The Morgan fingerprint density at radius 2 is 2.18 bits per heavy atom. The van der Waals surface area contributed by atoms with Crippen molar-refractivity contribution in [2.45, 2.75) is 19.9 Å². The SMILES string of the molecule is CCc1ccc(CNC(=O)c2ccoc2Cl)s1. The first-order valence-corrected chi connectivity index (χ1v) is 6.49. The van der Waals surface area contributed by atoms with Crippen molar-refractivity contribution in [3.63, 3.8) is 0 Å². The summed E-state index contributed by atoms with van der Waals surface area (Å²) in [5.41, 5.74) is 0.374. The Kier molecular flexibility index (Phi) is 3.86. The maximum Gasteiger partial charge on any atom is 0.256 e. The van der Waals surface area contributed by atoms with Crippen LogP contribution in [0.25, 0.3) is 0 Å². The Balaban J connectivity index is 1.94. The van der Waals surface area contributed by atoms with Crippen LogP contribution < -0.4 is 5.32 Å². The van der Waals surface area contributed by atoms with Gasteiger partial charge in [0.25, 0.3) is 5.91 Å². The minimum Gasteiger partial charge on any atom is -0.452 e. The Bertz CT molecular complexity index is 518. The molecule has 0 saturated heterocycles. The standard InChI is InChI=1S/C12H12ClNO2S/c1-2-8-3-4-9(17-8)7-14-12(15)10-5-6-16-11(10)13/h3-6H,2,7H2,1H3,(H,14,15). The average molecular weight is 270 g/mol. The molecule has 3 nitrogen and oxygen atoms in total. The first-order chi connectivity index (χ1) is 8.20. The van der Waals surface area contributed by atoms with Crippen molar-refractivity contribution in [2.75, 3.05) is 0 Å². The lowest BCUT2D eigenvalue weighted by atomic mass is 10.3. The predicted molar refractivity (Wildman–Crippen MR) is 68.6 cm³/mol. The second kappa shape index (κ2) is 5.38. The molecule has 2 aromatic heterocycles. The van der Waals surface area contributed by atoms with Crippen molar-refractivity contribution in [3.8, 4) is 0 Å². The van der Waals surface area contributed by atoms with Gasteiger partial charge in [0.15, 0.2) is 0 Å². The molecule has 0 saturated carbocycles. The first kappa shape index (κ1) is 12.2. The molecule has 0 bridgehead atoms. The molecule has 2 heterocycles. The summed E-state index contributed by atoms with van der Waals surface area (Å²) in [6, 6.07) is 5.67. The molecule has 5 heteroatoms. The molecule has 1 N–H and O–H groups in total. The van der Waals surface area contributed by atoms with E-state index in [1.54, 1.807) is 17.4 Å². The second-order valence-corrected chi connectivity index (χ2v) is 5.11. The predicted octanol–water partition coefficient (Wildman–Crippen LogP) is 3.49. The minimum absolute atomic E-state index is 0.128. The van der Waals surface area contributed by atoms with E-state index in [2.05, 4.69) is 18.3 Å². The van der Waals surface area contributed by atoms with E-state index in [0.717, 1.165) is 11.3 Å². The van der Waals surface area contributed by atoms with Gasteiger partial charge in [-0.1, -0.05) is 6.92 Å². The third-order valence-corrected chi connectivity index (χ3v) is 3.87. The van der Waals surface area contributed by atoms with Crippen LogP contribution in [0.4, 0.5) is 0 Å². The molecule has 0 fully saturated rings. The van der Waals surface area contributed by atoms with Gasteiger partial charge in [0, 0.05) is 9.75 Å². The number of nitrogens with one attached hydrogen (secondary N) is 1. The molecule has 0 aromatic carbocycles. The zero-order valence-corrected chi connectivity index (χ0v) is 10.9. The topological polar surface area (TPSA) is 42.2 Å². The average Bonchev–Trinajstić information content (AvgIpc) is 2.94. The number of carbonyl (C=O) groups is 1. The number of hydrogen-bond donors (Lipinski definition) is 1. The van der Waals surface area contributed by atoms with Gasteiger partial charge in [-0.25, -0.2) is 0 Å². The smallest absolute Gasteiger partial charge is 0.256 e.